The lowest BCUT2D eigenvalue weighted by Gasteiger charge is -2.24. The number of fused-ring (bicyclic) bond motifs is 1. The molecule has 3 rings (SSSR count). The van der Waals surface area contributed by atoms with E-state index >= 15 is 0 Å². The Morgan fingerprint density at radius 2 is 1.81 bits per heavy atom. The van der Waals surface area contributed by atoms with Crippen LogP contribution in [0.5, 0.6) is 5.75 Å². The minimum absolute atomic E-state index is 0.103. The molecule has 3 aromatic rings. The van der Waals surface area contributed by atoms with E-state index in [0.29, 0.717) is 27.6 Å². The smallest absolute Gasteiger partial charge is 0.221 e. The van der Waals surface area contributed by atoms with Gasteiger partial charge in [-0.25, -0.2) is 0 Å². The van der Waals surface area contributed by atoms with Crippen molar-refractivity contribution in [3.05, 3.63) is 75.8 Å². The number of aromatic hydroxyl groups is 1. The van der Waals surface area contributed by atoms with Crippen LogP contribution in [-0.4, -0.2) is 11.0 Å². The zero-order chi connectivity index (χ0) is 19.6. The Hall–Kier alpha value is -2.23. The van der Waals surface area contributed by atoms with Crippen LogP contribution >= 0.6 is 23.2 Å². The van der Waals surface area contributed by atoms with Crippen LogP contribution in [0.15, 0.2) is 54.6 Å². The molecule has 0 heterocycles. The summed E-state index contributed by atoms with van der Waals surface area (Å²) < 4.78 is 0. The van der Waals surface area contributed by atoms with Crippen molar-refractivity contribution < 1.29 is 9.90 Å². The molecule has 1 amide bonds. The molecular weight excluding hydrogens is 381 g/mol. The maximum absolute atomic E-state index is 12.6. The normalized spacial score (nSPS) is 12.3. The van der Waals surface area contributed by atoms with E-state index < -0.39 is 6.04 Å². The lowest BCUT2D eigenvalue weighted by molar-refractivity contribution is -0.122. The molecule has 2 N–H and O–H groups in total. The molecule has 0 bridgehead atoms. The van der Waals surface area contributed by atoms with Gasteiger partial charge in [0.1, 0.15) is 5.75 Å². The Kier molecular flexibility index (Phi) is 5.93. The summed E-state index contributed by atoms with van der Waals surface area (Å²) in [7, 11) is 0. The molecule has 140 valence electrons. The van der Waals surface area contributed by atoms with Gasteiger partial charge in [-0.1, -0.05) is 73.4 Å². The second kappa shape index (κ2) is 8.20. The van der Waals surface area contributed by atoms with Crippen molar-refractivity contribution >= 4 is 39.9 Å². The lowest BCUT2D eigenvalue weighted by atomic mass is 9.92. The van der Waals surface area contributed by atoms with Gasteiger partial charge in [0.05, 0.1) is 6.04 Å². The maximum Gasteiger partial charge on any atom is 0.221 e. The predicted molar refractivity (Wildman–Crippen MR) is 112 cm³/mol. The summed E-state index contributed by atoms with van der Waals surface area (Å²) in [6.45, 7) is 3.97. The average Bonchev–Trinajstić information content (AvgIpc) is 2.60. The van der Waals surface area contributed by atoms with E-state index in [9.17, 15) is 9.90 Å². The first-order valence-corrected chi connectivity index (χ1v) is 9.57. The number of phenols is 1. The molecule has 0 aromatic heterocycles. The van der Waals surface area contributed by atoms with Gasteiger partial charge in [-0.2, -0.15) is 0 Å². The van der Waals surface area contributed by atoms with Crippen LogP contribution in [0.25, 0.3) is 10.8 Å². The highest BCUT2D eigenvalue weighted by atomic mass is 35.5. The fourth-order valence-corrected chi connectivity index (χ4v) is 3.74. The van der Waals surface area contributed by atoms with Crippen LogP contribution in [0.3, 0.4) is 0 Å². The number of carbonyl (C=O) groups is 1. The first-order chi connectivity index (χ1) is 12.9. The van der Waals surface area contributed by atoms with Crippen LogP contribution in [-0.2, 0) is 4.79 Å². The van der Waals surface area contributed by atoms with Gasteiger partial charge >= 0.3 is 0 Å². The van der Waals surface area contributed by atoms with Crippen molar-refractivity contribution in [2.75, 3.05) is 0 Å². The zero-order valence-electron chi connectivity index (χ0n) is 15.2. The number of hydrogen-bond donors (Lipinski definition) is 2. The minimum atomic E-state index is -0.591. The van der Waals surface area contributed by atoms with E-state index in [1.165, 1.54) is 0 Å². The number of hydrogen-bond acceptors (Lipinski definition) is 2. The summed E-state index contributed by atoms with van der Waals surface area (Å²) in [6.07, 6.45) is 0.382. The molecule has 0 spiro atoms. The molecule has 1 unspecified atom stereocenters. The summed E-state index contributed by atoms with van der Waals surface area (Å²) in [6, 6.07) is 15.8. The number of nitrogens with one attached hydrogen (secondary N) is 1. The van der Waals surface area contributed by atoms with Crippen molar-refractivity contribution in [1.29, 1.82) is 0 Å². The van der Waals surface area contributed by atoms with Gasteiger partial charge in [-0.15, -0.1) is 0 Å². The van der Waals surface area contributed by atoms with E-state index in [-0.39, 0.29) is 17.6 Å². The van der Waals surface area contributed by atoms with Crippen LogP contribution in [0, 0.1) is 5.92 Å². The van der Waals surface area contributed by atoms with E-state index in [1.54, 1.807) is 24.3 Å². The zero-order valence-corrected chi connectivity index (χ0v) is 16.7. The summed E-state index contributed by atoms with van der Waals surface area (Å²) in [4.78, 5) is 12.6. The largest absolute Gasteiger partial charge is 0.508 e. The van der Waals surface area contributed by atoms with Crippen LogP contribution in [0.1, 0.15) is 37.4 Å². The maximum atomic E-state index is 12.6. The van der Waals surface area contributed by atoms with Gasteiger partial charge in [0.25, 0.3) is 0 Å². The van der Waals surface area contributed by atoms with E-state index in [2.05, 4.69) is 5.32 Å². The lowest BCUT2D eigenvalue weighted by Crippen LogP contribution is -2.30. The standard InChI is InChI=1S/C22H21Cl2NO2/c1-13(2)11-20(27)25-22(17-9-8-15(23)12-18(17)24)21-16-6-4-3-5-14(16)7-10-19(21)26/h3-10,12-13,22,26H,11H2,1-2H3,(H,25,27). The number of carbonyl (C=O) groups excluding carboxylic acids is 1. The van der Waals surface area contributed by atoms with Gasteiger partial charge in [-0.3, -0.25) is 4.79 Å². The molecule has 3 nitrogen and oxygen atoms in total. The van der Waals surface area contributed by atoms with Crippen molar-refractivity contribution in [3.8, 4) is 5.75 Å². The number of halogens is 2. The highest BCUT2D eigenvalue weighted by molar-refractivity contribution is 6.35. The van der Waals surface area contributed by atoms with Gasteiger partial charge in [0.2, 0.25) is 5.91 Å². The second-order valence-corrected chi connectivity index (χ2v) is 7.83. The van der Waals surface area contributed by atoms with Crippen molar-refractivity contribution in [1.82, 2.24) is 5.32 Å². The minimum Gasteiger partial charge on any atom is -0.508 e. The van der Waals surface area contributed by atoms with E-state index in [1.807, 2.05) is 44.2 Å². The van der Waals surface area contributed by atoms with Gasteiger partial charge in [0, 0.05) is 22.0 Å². The number of phenolic OH excluding ortho intramolecular Hbond substituents is 1. The van der Waals surface area contributed by atoms with Crippen molar-refractivity contribution in [2.24, 2.45) is 5.92 Å². The molecule has 0 saturated carbocycles. The Morgan fingerprint density at radius 1 is 1.07 bits per heavy atom. The van der Waals surface area contributed by atoms with Crippen LogP contribution in [0.2, 0.25) is 10.0 Å². The van der Waals surface area contributed by atoms with Crippen molar-refractivity contribution in [3.63, 3.8) is 0 Å². The molecule has 5 heteroatoms. The molecular formula is C22H21Cl2NO2. The highest BCUT2D eigenvalue weighted by Crippen LogP contribution is 2.38. The first kappa shape index (κ1) is 19.5. The topological polar surface area (TPSA) is 49.3 Å². The number of benzene rings is 3. The monoisotopic (exact) mass is 401 g/mol. The van der Waals surface area contributed by atoms with Gasteiger partial charge in [0.15, 0.2) is 0 Å². The van der Waals surface area contributed by atoms with Crippen LogP contribution < -0.4 is 5.32 Å². The Labute approximate surface area is 168 Å². The van der Waals surface area contributed by atoms with Crippen molar-refractivity contribution in [2.45, 2.75) is 26.3 Å². The highest BCUT2D eigenvalue weighted by Gasteiger charge is 2.24. The average molecular weight is 402 g/mol. The summed E-state index contributed by atoms with van der Waals surface area (Å²) in [5.74, 6) is 0.218. The third-order valence-corrected chi connectivity index (χ3v) is 4.97. The Balaban J connectivity index is 2.18. The van der Waals surface area contributed by atoms with Gasteiger partial charge in [-0.05, 0) is 40.5 Å². The molecule has 0 aliphatic rings. The Morgan fingerprint density at radius 3 is 2.52 bits per heavy atom. The molecule has 0 fully saturated rings. The predicted octanol–water partition coefficient (Wildman–Crippen LogP) is 6.10. The molecule has 0 saturated heterocycles. The molecule has 0 radical (unpaired) electrons. The molecule has 3 aromatic carbocycles. The molecule has 27 heavy (non-hydrogen) atoms. The SMILES string of the molecule is CC(C)CC(=O)NC(c1ccc(Cl)cc1Cl)c1c(O)ccc2ccccc12. The van der Waals surface area contributed by atoms with Gasteiger partial charge < -0.3 is 10.4 Å². The molecule has 0 aliphatic carbocycles. The quantitative estimate of drug-likeness (QED) is 0.542. The summed E-state index contributed by atoms with van der Waals surface area (Å²) >= 11 is 12.5. The second-order valence-electron chi connectivity index (χ2n) is 6.98. The fourth-order valence-electron chi connectivity index (χ4n) is 3.22. The molecule has 0 aliphatic heterocycles. The third-order valence-electron chi connectivity index (χ3n) is 4.41. The Bertz CT molecular complexity index is 985. The number of rotatable bonds is 5. The molecule has 1 atom stereocenters. The summed E-state index contributed by atoms with van der Waals surface area (Å²) in [5.41, 5.74) is 1.30. The van der Waals surface area contributed by atoms with E-state index in [0.717, 1.165) is 10.8 Å². The van der Waals surface area contributed by atoms with E-state index in [4.69, 9.17) is 23.2 Å². The summed E-state index contributed by atoms with van der Waals surface area (Å²) in [5, 5.41) is 16.5. The van der Waals surface area contributed by atoms with Crippen LogP contribution in [0.4, 0.5) is 0 Å². The first-order valence-electron chi connectivity index (χ1n) is 8.81. The number of amides is 1. The third kappa shape index (κ3) is 4.37. The fraction of sp³-hybridized carbons (Fsp3) is 0.227.